The molecule has 0 radical (unpaired) electrons. The van der Waals surface area contributed by atoms with Gasteiger partial charge in [-0.25, -0.2) is 4.79 Å². The van der Waals surface area contributed by atoms with Crippen LogP contribution in [0, 0.1) is 16.0 Å². The van der Waals surface area contributed by atoms with Gasteiger partial charge in [0.15, 0.2) is 0 Å². The number of carbonyl (C=O) groups excluding carboxylic acids is 2. The van der Waals surface area contributed by atoms with Crippen LogP contribution < -0.4 is 21.7 Å². The largest absolute Gasteiger partial charge is 0.353 e. The number of carbonyl (C=O) groups is 2. The Bertz CT molecular complexity index is 600. The number of hydrogen-bond acceptors (Lipinski definition) is 5. The van der Waals surface area contributed by atoms with Gasteiger partial charge in [-0.15, -0.1) is 0 Å². The third-order valence-corrected chi connectivity index (χ3v) is 3.77. The van der Waals surface area contributed by atoms with Crippen LogP contribution >= 0.6 is 0 Å². The summed E-state index contributed by atoms with van der Waals surface area (Å²) in [5.41, 5.74) is 6.58. The van der Waals surface area contributed by atoms with Crippen molar-refractivity contribution in [3.63, 3.8) is 0 Å². The van der Waals surface area contributed by atoms with E-state index in [1.807, 2.05) is 0 Å². The van der Waals surface area contributed by atoms with Crippen LogP contribution in [0.1, 0.15) is 18.4 Å². The lowest BCUT2D eigenvalue weighted by Gasteiger charge is -2.12. The van der Waals surface area contributed by atoms with Crippen LogP contribution in [-0.2, 0) is 11.3 Å². The summed E-state index contributed by atoms with van der Waals surface area (Å²) in [5, 5.41) is 18.2. The number of nitrogens with one attached hydrogen (secondary N) is 3. The minimum atomic E-state index is -0.491. The highest BCUT2D eigenvalue weighted by atomic mass is 16.6. The van der Waals surface area contributed by atoms with E-state index in [1.165, 1.54) is 12.1 Å². The summed E-state index contributed by atoms with van der Waals surface area (Å²) in [7, 11) is 0. The van der Waals surface area contributed by atoms with Crippen molar-refractivity contribution in [3.8, 4) is 0 Å². The molecular formula is C15H21N5O4. The van der Waals surface area contributed by atoms with E-state index in [4.69, 9.17) is 5.73 Å². The molecule has 3 amide bonds. The van der Waals surface area contributed by atoms with E-state index in [0.29, 0.717) is 12.5 Å². The van der Waals surface area contributed by atoms with Gasteiger partial charge in [-0.3, -0.25) is 14.9 Å². The summed E-state index contributed by atoms with van der Waals surface area (Å²) in [6.45, 7) is 0.483. The SMILES string of the molecule is NC(CNC(=O)CNC(=O)NCc1ccc([N+](=O)[O-])cc1)C1CC1. The standard InChI is InChI=1S/C15H21N5O4/c16-13(11-3-4-11)8-17-14(21)9-19-15(22)18-7-10-1-5-12(6-2-10)20(23)24/h1-2,5-6,11,13H,3-4,7-9,16H2,(H,17,21)(H2,18,19,22). The Labute approximate surface area is 139 Å². The molecule has 1 aliphatic rings. The average molecular weight is 335 g/mol. The van der Waals surface area contributed by atoms with Gasteiger partial charge in [-0.2, -0.15) is 0 Å². The molecule has 1 fully saturated rings. The number of nitro groups is 1. The molecule has 0 heterocycles. The molecule has 1 atom stereocenters. The molecule has 24 heavy (non-hydrogen) atoms. The summed E-state index contributed by atoms with van der Waals surface area (Å²) in [4.78, 5) is 33.3. The maximum Gasteiger partial charge on any atom is 0.315 e. The van der Waals surface area contributed by atoms with Gasteiger partial charge in [0.05, 0.1) is 11.5 Å². The van der Waals surface area contributed by atoms with E-state index in [1.54, 1.807) is 12.1 Å². The Morgan fingerprint density at radius 1 is 1.21 bits per heavy atom. The first kappa shape index (κ1) is 17.7. The maximum absolute atomic E-state index is 11.6. The van der Waals surface area contributed by atoms with Gasteiger partial charge in [0.1, 0.15) is 0 Å². The molecule has 0 bridgehead atoms. The zero-order chi connectivity index (χ0) is 17.5. The molecule has 1 aromatic rings. The molecule has 0 aliphatic heterocycles. The predicted molar refractivity (Wildman–Crippen MR) is 87.0 cm³/mol. The van der Waals surface area contributed by atoms with Crippen molar-refractivity contribution in [1.29, 1.82) is 0 Å². The first-order valence-corrected chi connectivity index (χ1v) is 7.73. The normalized spacial score (nSPS) is 14.5. The number of rotatable bonds is 8. The van der Waals surface area contributed by atoms with E-state index in [-0.39, 0.29) is 30.7 Å². The number of benzene rings is 1. The number of nitro benzene ring substituents is 1. The van der Waals surface area contributed by atoms with Crippen LogP contribution in [0.25, 0.3) is 0 Å². The van der Waals surface area contributed by atoms with E-state index in [9.17, 15) is 19.7 Å². The smallest absolute Gasteiger partial charge is 0.315 e. The Morgan fingerprint density at radius 3 is 2.46 bits per heavy atom. The minimum Gasteiger partial charge on any atom is -0.353 e. The van der Waals surface area contributed by atoms with E-state index in [0.717, 1.165) is 18.4 Å². The quantitative estimate of drug-likeness (QED) is 0.398. The Hall–Kier alpha value is -2.68. The van der Waals surface area contributed by atoms with Crippen LogP contribution in [0.3, 0.4) is 0 Å². The van der Waals surface area contributed by atoms with Gasteiger partial charge >= 0.3 is 6.03 Å². The van der Waals surface area contributed by atoms with Crippen LogP contribution in [0.15, 0.2) is 24.3 Å². The topological polar surface area (TPSA) is 139 Å². The third kappa shape index (κ3) is 5.84. The fourth-order valence-electron chi connectivity index (χ4n) is 2.13. The number of non-ortho nitro benzene ring substituents is 1. The van der Waals surface area contributed by atoms with Crippen LogP contribution in [-0.4, -0.2) is 36.0 Å². The molecule has 9 nitrogen and oxygen atoms in total. The van der Waals surface area contributed by atoms with Crippen molar-refractivity contribution >= 4 is 17.6 Å². The van der Waals surface area contributed by atoms with Gasteiger partial charge in [0.2, 0.25) is 5.91 Å². The van der Waals surface area contributed by atoms with Crippen LogP contribution in [0.2, 0.25) is 0 Å². The molecule has 0 saturated heterocycles. The Kier molecular flexibility index (Phi) is 6.07. The zero-order valence-corrected chi connectivity index (χ0v) is 13.2. The Morgan fingerprint density at radius 2 is 1.88 bits per heavy atom. The highest BCUT2D eigenvalue weighted by Crippen LogP contribution is 2.31. The fourth-order valence-corrected chi connectivity index (χ4v) is 2.13. The average Bonchev–Trinajstić information content (AvgIpc) is 3.41. The highest BCUT2D eigenvalue weighted by molar-refractivity contribution is 5.83. The van der Waals surface area contributed by atoms with Crippen molar-refractivity contribution in [1.82, 2.24) is 16.0 Å². The summed E-state index contributed by atoms with van der Waals surface area (Å²) in [5.74, 6) is 0.208. The van der Waals surface area contributed by atoms with Crippen molar-refractivity contribution in [2.24, 2.45) is 11.7 Å². The number of nitrogens with zero attached hydrogens (tertiary/aromatic N) is 1. The molecule has 130 valence electrons. The van der Waals surface area contributed by atoms with Gasteiger partial charge in [-0.05, 0) is 24.3 Å². The fraction of sp³-hybridized carbons (Fsp3) is 0.467. The summed E-state index contributed by atoms with van der Waals surface area (Å²) >= 11 is 0. The first-order valence-electron chi connectivity index (χ1n) is 7.73. The molecule has 1 aromatic carbocycles. The van der Waals surface area contributed by atoms with Crippen LogP contribution in [0.4, 0.5) is 10.5 Å². The zero-order valence-electron chi connectivity index (χ0n) is 13.2. The van der Waals surface area contributed by atoms with Gasteiger partial charge in [-0.1, -0.05) is 12.1 Å². The number of amides is 3. The van der Waals surface area contributed by atoms with Crippen molar-refractivity contribution in [2.75, 3.05) is 13.1 Å². The molecule has 2 rings (SSSR count). The molecule has 5 N–H and O–H groups in total. The predicted octanol–water partition coefficient (Wildman–Crippen LogP) is 0.248. The summed E-state index contributed by atoms with van der Waals surface area (Å²) in [6.07, 6.45) is 2.22. The molecular weight excluding hydrogens is 314 g/mol. The maximum atomic E-state index is 11.6. The molecule has 9 heteroatoms. The monoisotopic (exact) mass is 335 g/mol. The van der Waals surface area contributed by atoms with Crippen molar-refractivity contribution < 1.29 is 14.5 Å². The lowest BCUT2D eigenvalue weighted by molar-refractivity contribution is -0.384. The lowest BCUT2D eigenvalue weighted by atomic mass is 10.2. The summed E-state index contributed by atoms with van der Waals surface area (Å²) in [6, 6.07) is 5.34. The number of hydrogen-bond donors (Lipinski definition) is 4. The van der Waals surface area contributed by atoms with E-state index >= 15 is 0 Å². The van der Waals surface area contributed by atoms with Gasteiger partial charge < -0.3 is 21.7 Å². The van der Waals surface area contributed by atoms with E-state index < -0.39 is 11.0 Å². The molecule has 1 aliphatic carbocycles. The lowest BCUT2D eigenvalue weighted by Crippen LogP contribution is -2.45. The highest BCUT2D eigenvalue weighted by Gasteiger charge is 2.28. The van der Waals surface area contributed by atoms with Crippen molar-refractivity contribution in [2.45, 2.75) is 25.4 Å². The molecule has 0 aromatic heterocycles. The van der Waals surface area contributed by atoms with Gasteiger partial charge in [0, 0.05) is 31.3 Å². The molecule has 0 spiro atoms. The molecule has 1 saturated carbocycles. The van der Waals surface area contributed by atoms with E-state index in [2.05, 4.69) is 16.0 Å². The second kappa shape index (κ2) is 8.25. The van der Waals surface area contributed by atoms with Crippen LogP contribution in [0.5, 0.6) is 0 Å². The van der Waals surface area contributed by atoms with Gasteiger partial charge in [0.25, 0.3) is 5.69 Å². The first-order chi connectivity index (χ1) is 11.5. The minimum absolute atomic E-state index is 0.00993. The number of urea groups is 1. The molecule has 1 unspecified atom stereocenters. The summed E-state index contributed by atoms with van der Waals surface area (Å²) < 4.78 is 0. The second-order valence-electron chi connectivity index (χ2n) is 5.77. The Balaban J connectivity index is 1.61. The number of nitrogens with two attached hydrogens (primary N) is 1. The third-order valence-electron chi connectivity index (χ3n) is 3.77. The van der Waals surface area contributed by atoms with Crippen molar-refractivity contribution in [3.05, 3.63) is 39.9 Å². The second-order valence-corrected chi connectivity index (χ2v) is 5.77.